The summed E-state index contributed by atoms with van der Waals surface area (Å²) in [7, 11) is 1.46. The fourth-order valence-electron chi connectivity index (χ4n) is 2.92. The zero-order chi connectivity index (χ0) is 18.7. The first kappa shape index (κ1) is 17.2. The number of fused-ring (bicyclic) bond motifs is 1. The van der Waals surface area contributed by atoms with Crippen LogP contribution < -0.4 is 10.2 Å². The Hall–Kier alpha value is -3.59. The second kappa shape index (κ2) is 7.11. The molecule has 2 N–H and O–H groups in total. The van der Waals surface area contributed by atoms with E-state index < -0.39 is 5.91 Å². The number of benzene rings is 2. The Bertz CT molecular complexity index is 940. The van der Waals surface area contributed by atoms with Gasteiger partial charge in [0.1, 0.15) is 5.76 Å². The molecule has 2 amide bonds. The standard InChI is InChI=1S/C20H17N3O3/c1-22-20(26)16-10-18(24)23(12-14-8-6-13(11-21)7-9-14)17-5-3-2-4-15(17)19(16)25/h2-9,25H,10,12H2,1H3,(H,22,26). The number of hydrogen-bond acceptors (Lipinski definition) is 4. The SMILES string of the molecule is CNC(=O)C1=C(O)c2ccccc2N(Cc2ccc(C#N)cc2)C(=O)C1. The van der Waals surface area contributed by atoms with Crippen LogP contribution in [0.25, 0.3) is 5.76 Å². The maximum Gasteiger partial charge on any atom is 0.251 e. The van der Waals surface area contributed by atoms with Crippen molar-refractivity contribution >= 4 is 23.3 Å². The van der Waals surface area contributed by atoms with Crippen molar-refractivity contribution in [3.05, 3.63) is 70.8 Å². The van der Waals surface area contributed by atoms with Crippen molar-refractivity contribution in [2.24, 2.45) is 0 Å². The van der Waals surface area contributed by atoms with Gasteiger partial charge in [-0.1, -0.05) is 24.3 Å². The van der Waals surface area contributed by atoms with Gasteiger partial charge in [-0.15, -0.1) is 0 Å². The highest BCUT2D eigenvalue weighted by atomic mass is 16.3. The molecule has 3 rings (SSSR count). The van der Waals surface area contributed by atoms with Crippen molar-refractivity contribution in [1.29, 1.82) is 5.26 Å². The van der Waals surface area contributed by atoms with E-state index in [1.165, 1.54) is 7.05 Å². The summed E-state index contributed by atoms with van der Waals surface area (Å²) in [5, 5.41) is 21.9. The summed E-state index contributed by atoms with van der Waals surface area (Å²) in [5.74, 6) is -0.953. The van der Waals surface area contributed by atoms with Crippen molar-refractivity contribution in [3.63, 3.8) is 0 Å². The molecule has 2 aromatic carbocycles. The van der Waals surface area contributed by atoms with Gasteiger partial charge in [0.05, 0.1) is 35.9 Å². The van der Waals surface area contributed by atoms with Gasteiger partial charge in [-0.3, -0.25) is 9.59 Å². The molecule has 6 nitrogen and oxygen atoms in total. The molecule has 26 heavy (non-hydrogen) atoms. The summed E-state index contributed by atoms with van der Waals surface area (Å²) in [5.41, 5.74) is 2.41. The number of anilines is 1. The number of rotatable bonds is 3. The number of para-hydroxylation sites is 1. The van der Waals surface area contributed by atoms with Crippen molar-refractivity contribution in [2.45, 2.75) is 13.0 Å². The monoisotopic (exact) mass is 347 g/mol. The number of aliphatic hydroxyl groups excluding tert-OH is 1. The quantitative estimate of drug-likeness (QED) is 0.892. The molecule has 0 aliphatic carbocycles. The largest absolute Gasteiger partial charge is 0.507 e. The summed E-state index contributed by atoms with van der Waals surface area (Å²) in [6, 6.07) is 15.9. The second-order valence-electron chi connectivity index (χ2n) is 5.89. The van der Waals surface area contributed by atoms with Gasteiger partial charge >= 0.3 is 0 Å². The first-order valence-corrected chi connectivity index (χ1v) is 8.08. The van der Waals surface area contributed by atoms with E-state index in [0.29, 0.717) is 16.8 Å². The van der Waals surface area contributed by atoms with Crippen molar-refractivity contribution in [3.8, 4) is 6.07 Å². The molecule has 0 aromatic heterocycles. The van der Waals surface area contributed by atoms with Crippen LogP contribution in [-0.4, -0.2) is 24.0 Å². The lowest BCUT2D eigenvalue weighted by Crippen LogP contribution is -2.31. The molecule has 0 atom stereocenters. The normalized spacial score (nSPS) is 13.7. The first-order chi connectivity index (χ1) is 12.5. The number of amides is 2. The van der Waals surface area contributed by atoms with Gasteiger partial charge in [0, 0.05) is 12.6 Å². The van der Waals surface area contributed by atoms with Gasteiger partial charge < -0.3 is 15.3 Å². The predicted molar refractivity (Wildman–Crippen MR) is 97.0 cm³/mol. The smallest absolute Gasteiger partial charge is 0.251 e. The third-order valence-electron chi connectivity index (χ3n) is 4.29. The van der Waals surface area contributed by atoms with Crippen molar-refractivity contribution < 1.29 is 14.7 Å². The highest BCUT2D eigenvalue weighted by Gasteiger charge is 2.30. The minimum absolute atomic E-state index is 0.0484. The van der Waals surface area contributed by atoms with Crippen LogP contribution in [0.1, 0.15) is 23.1 Å². The maximum absolute atomic E-state index is 12.8. The summed E-state index contributed by atoms with van der Waals surface area (Å²) in [6.07, 6.45) is -0.198. The van der Waals surface area contributed by atoms with E-state index in [9.17, 15) is 14.7 Å². The molecule has 0 radical (unpaired) electrons. The van der Waals surface area contributed by atoms with E-state index in [-0.39, 0.29) is 30.2 Å². The fraction of sp³-hybridized carbons (Fsp3) is 0.150. The summed E-state index contributed by atoms with van der Waals surface area (Å²) >= 11 is 0. The third kappa shape index (κ3) is 3.15. The summed E-state index contributed by atoms with van der Waals surface area (Å²) in [6.45, 7) is 0.274. The molecule has 0 fully saturated rings. The molecule has 0 saturated heterocycles. The zero-order valence-electron chi connectivity index (χ0n) is 14.2. The number of nitriles is 1. The molecule has 1 heterocycles. The number of aliphatic hydroxyl groups is 1. The Balaban J connectivity index is 2.03. The number of carbonyl (C=O) groups is 2. The summed E-state index contributed by atoms with van der Waals surface area (Å²) < 4.78 is 0. The molecule has 0 bridgehead atoms. The van der Waals surface area contributed by atoms with E-state index in [4.69, 9.17) is 5.26 Å². The second-order valence-corrected chi connectivity index (χ2v) is 5.89. The summed E-state index contributed by atoms with van der Waals surface area (Å²) in [4.78, 5) is 26.5. The molecule has 0 spiro atoms. The lowest BCUT2D eigenvalue weighted by Gasteiger charge is -2.23. The van der Waals surface area contributed by atoms with Crippen molar-refractivity contribution in [2.75, 3.05) is 11.9 Å². The molecule has 6 heteroatoms. The maximum atomic E-state index is 12.8. The average molecular weight is 347 g/mol. The van der Waals surface area contributed by atoms with Crippen LogP contribution in [0.3, 0.4) is 0 Å². The van der Waals surface area contributed by atoms with Crippen LogP contribution in [0.5, 0.6) is 0 Å². The number of nitrogens with one attached hydrogen (secondary N) is 1. The first-order valence-electron chi connectivity index (χ1n) is 8.08. The van der Waals surface area contributed by atoms with Gasteiger partial charge in [0.15, 0.2) is 0 Å². The van der Waals surface area contributed by atoms with Crippen LogP contribution in [0.2, 0.25) is 0 Å². The van der Waals surface area contributed by atoms with Crippen LogP contribution in [0.15, 0.2) is 54.1 Å². The van der Waals surface area contributed by atoms with Gasteiger partial charge in [-0.2, -0.15) is 5.26 Å². The Morgan fingerprint density at radius 1 is 1.23 bits per heavy atom. The Morgan fingerprint density at radius 2 is 1.92 bits per heavy atom. The number of hydrogen-bond donors (Lipinski definition) is 2. The van der Waals surface area contributed by atoms with Crippen molar-refractivity contribution in [1.82, 2.24) is 5.32 Å². The van der Waals surface area contributed by atoms with Gasteiger partial charge in [0.25, 0.3) is 5.91 Å². The van der Waals surface area contributed by atoms with Gasteiger partial charge in [-0.05, 0) is 29.8 Å². The van der Waals surface area contributed by atoms with E-state index in [1.807, 2.05) is 0 Å². The zero-order valence-corrected chi connectivity index (χ0v) is 14.2. The topological polar surface area (TPSA) is 93.4 Å². The van der Waals surface area contributed by atoms with E-state index in [0.717, 1.165) is 5.56 Å². The van der Waals surface area contributed by atoms with Crippen LogP contribution in [0.4, 0.5) is 5.69 Å². The van der Waals surface area contributed by atoms with Gasteiger partial charge in [-0.25, -0.2) is 0 Å². The highest BCUT2D eigenvalue weighted by molar-refractivity contribution is 6.10. The fourth-order valence-corrected chi connectivity index (χ4v) is 2.92. The Kier molecular flexibility index (Phi) is 4.72. The lowest BCUT2D eigenvalue weighted by atomic mass is 10.1. The van der Waals surface area contributed by atoms with E-state index in [2.05, 4.69) is 11.4 Å². The van der Waals surface area contributed by atoms with E-state index >= 15 is 0 Å². The Morgan fingerprint density at radius 3 is 2.58 bits per heavy atom. The third-order valence-corrected chi connectivity index (χ3v) is 4.29. The molecule has 2 aromatic rings. The molecule has 1 aliphatic rings. The van der Waals surface area contributed by atoms with Gasteiger partial charge in [0.2, 0.25) is 5.91 Å². The number of carbonyl (C=O) groups excluding carboxylic acids is 2. The predicted octanol–water partition coefficient (Wildman–Crippen LogP) is 2.51. The number of likely N-dealkylation sites (N-methyl/N-ethyl adjacent to an activating group) is 1. The molecule has 0 saturated carbocycles. The van der Waals surface area contributed by atoms with Crippen LogP contribution in [0, 0.1) is 11.3 Å². The van der Waals surface area contributed by atoms with Crippen LogP contribution in [-0.2, 0) is 16.1 Å². The molecule has 1 aliphatic heterocycles. The van der Waals surface area contributed by atoms with E-state index in [1.54, 1.807) is 53.4 Å². The minimum Gasteiger partial charge on any atom is -0.507 e. The highest BCUT2D eigenvalue weighted by Crippen LogP contribution is 2.34. The molecular formula is C20H17N3O3. The lowest BCUT2D eigenvalue weighted by molar-refractivity contribution is -0.121. The average Bonchev–Trinajstić information content (AvgIpc) is 2.78. The van der Waals surface area contributed by atoms with Crippen LogP contribution >= 0.6 is 0 Å². The molecule has 0 unspecified atom stereocenters. The molecule has 130 valence electrons. The Labute approximate surface area is 151 Å². The number of nitrogens with zero attached hydrogens (tertiary/aromatic N) is 2. The minimum atomic E-state index is -0.481. The molecular weight excluding hydrogens is 330 g/mol.